The molecule has 0 saturated carbocycles. The number of nitrogens with one attached hydrogen (secondary N) is 2. The van der Waals surface area contributed by atoms with Crippen molar-refractivity contribution in [2.24, 2.45) is 0 Å². The van der Waals surface area contributed by atoms with Gasteiger partial charge in [-0.25, -0.2) is 0 Å². The van der Waals surface area contributed by atoms with Crippen molar-refractivity contribution in [2.75, 3.05) is 5.32 Å². The minimum Gasteiger partial charge on any atom is -0.304 e. The summed E-state index contributed by atoms with van der Waals surface area (Å²) in [5.41, 5.74) is 3.44. The molecule has 4 aromatic rings. The lowest BCUT2D eigenvalue weighted by molar-refractivity contribution is 0.102. The number of aromatic amines is 1. The van der Waals surface area contributed by atoms with E-state index < -0.39 is 0 Å². The predicted molar refractivity (Wildman–Crippen MR) is 120 cm³/mol. The van der Waals surface area contributed by atoms with Crippen molar-refractivity contribution in [1.29, 1.82) is 0 Å². The molecule has 0 aliphatic carbocycles. The Hall–Kier alpha value is -2.80. The van der Waals surface area contributed by atoms with E-state index in [2.05, 4.69) is 20.6 Å². The number of amides is 1. The van der Waals surface area contributed by atoms with E-state index in [1.54, 1.807) is 47.1 Å². The van der Waals surface area contributed by atoms with E-state index in [0.29, 0.717) is 38.8 Å². The van der Waals surface area contributed by atoms with Crippen molar-refractivity contribution in [2.45, 2.75) is 13.5 Å². The number of H-pyrrole nitrogens is 1. The molecule has 152 valence electrons. The Labute approximate surface area is 187 Å². The quantitative estimate of drug-likeness (QED) is 0.393. The van der Waals surface area contributed by atoms with Gasteiger partial charge in [-0.15, -0.1) is 0 Å². The molecule has 0 aliphatic heterocycles. The monoisotopic (exact) mass is 459 g/mol. The fourth-order valence-corrected chi connectivity index (χ4v) is 3.60. The third-order valence-corrected chi connectivity index (χ3v) is 5.52. The number of halogens is 3. The standard InChI is InChI=1S/C21H16Cl3N5O/c1-12-9-20(28-29(12)11-15-16(23)3-2-4-17(15)24)25-21(30)19-10-18(26-27-19)13-5-7-14(22)8-6-13/h2-10H,11H2,1H3,(H,26,27)(H,25,28,30). The maximum atomic E-state index is 12.6. The molecular weight excluding hydrogens is 445 g/mol. The highest BCUT2D eigenvalue weighted by atomic mass is 35.5. The topological polar surface area (TPSA) is 75.6 Å². The van der Waals surface area contributed by atoms with Crippen molar-refractivity contribution in [3.05, 3.63) is 86.6 Å². The fourth-order valence-electron chi connectivity index (χ4n) is 2.95. The van der Waals surface area contributed by atoms with Crippen molar-refractivity contribution in [1.82, 2.24) is 20.0 Å². The Balaban J connectivity index is 1.49. The predicted octanol–water partition coefficient (Wildman–Crippen LogP) is 5.84. The first kappa shape index (κ1) is 20.5. The highest BCUT2D eigenvalue weighted by molar-refractivity contribution is 6.36. The third kappa shape index (κ3) is 4.36. The van der Waals surface area contributed by atoms with E-state index in [1.165, 1.54) is 0 Å². The summed E-state index contributed by atoms with van der Waals surface area (Å²) >= 11 is 18.4. The van der Waals surface area contributed by atoms with Gasteiger partial charge in [0.05, 0.1) is 12.2 Å². The Bertz CT molecular complexity index is 1190. The minimum atomic E-state index is -0.344. The smallest absolute Gasteiger partial charge is 0.274 e. The van der Waals surface area contributed by atoms with Gasteiger partial charge in [0.25, 0.3) is 5.91 Å². The summed E-state index contributed by atoms with van der Waals surface area (Å²) in [4.78, 5) is 12.6. The molecule has 30 heavy (non-hydrogen) atoms. The normalized spacial score (nSPS) is 10.9. The number of hydrogen-bond acceptors (Lipinski definition) is 3. The van der Waals surface area contributed by atoms with Crippen LogP contribution in [0.15, 0.2) is 54.6 Å². The van der Waals surface area contributed by atoms with E-state index in [0.717, 1.165) is 16.8 Å². The molecule has 1 amide bonds. The summed E-state index contributed by atoms with van der Waals surface area (Å²) in [5.74, 6) is 0.0754. The molecule has 0 unspecified atom stereocenters. The van der Waals surface area contributed by atoms with Crippen LogP contribution >= 0.6 is 34.8 Å². The highest BCUT2D eigenvalue weighted by Crippen LogP contribution is 2.26. The lowest BCUT2D eigenvalue weighted by atomic mass is 10.1. The Morgan fingerprint density at radius 1 is 1.07 bits per heavy atom. The molecular formula is C21H16Cl3N5O. The Morgan fingerprint density at radius 3 is 2.47 bits per heavy atom. The number of benzene rings is 2. The van der Waals surface area contributed by atoms with Crippen LogP contribution in [0, 0.1) is 6.92 Å². The maximum absolute atomic E-state index is 12.6. The maximum Gasteiger partial charge on any atom is 0.274 e. The van der Waals surface area contributed by atoms with Crippen LogP contribution in [0.5, 0.6) is 0 Å². The fraction of sp³-hybridized carbons (Fsp3) is 0.0952. The number of aromatic nitrogens is 4. The van der Waals surface area contributed by atoms with Gasteiger partial charge in [-0.1, -0.05) is 53.0 Å². The second kappa shape index (κ2) is 8.52. The molecule has 2 N–H and O–H groups in total. The molecule has 0 saturated heterocycles. The van der Waals surface area contributed by atoms with Gasteiger partial charge in [0.1, 0.15) is 5.69 Å². The first-order valence-electron chi connectivity index (χ1n) is 9.01. The van der Waals surface area contributed by atoms with E-state index in [4.69, 9.17) is 34.8 Å². The number of carbonyl (C=O) groups is 1. The van der Waals surface area contributed by atoms with Gasteiger partial charge in [0.15, 0.2) is 5.82 Å². The summed E-state index contributed by atoms with van der Waals surface area (Å²) in [6.45, 7) is 2.28. The van der Waals surface area contributed by atoms with Crippen LogP contribution in [0.4, 0.5) is 5.82 Å². The summed E-state index contributed by atoms with van der Waals surface area (Å²) in [6, 6.07) is 16.0. The lowest BCUT2D eigenvalue weighted by Crippen LogP contribution is -2.13. The second-order valence-electron chi connectivity index (χ2n) is 6.66. The average molecular weight is 461 g/mol. The van der Waals surface area contributed by atoms with Crippen LogP contribution in [-0.2, 0) is 6.54 Å². The second-order valence-corrected chi connectivity index (χ2v) is 7.91. The number of hydrogen-bond donors (Lipinski definition) is 2. The number of anilines is 1. The lowest BCUT2D eigenvalue weighted by Gasteiger charge is -2.08. The molecule has 0 atom stereocenters. The van der Waals surface area contributed by atoms with Crippen LogP contribution in [-0.4, -0.2) is 25.9 Å². The summed E-state index contributed by atoms with van der Waals surface area (Å²) < 4.78 is 1.73. The van der Waals surface area contributed by atoms with Gasteiger partial charge in [0, 0.05) is 38.0 Å². The van der Waals surface area contributed by atoms with Gasteiger partial charge in [-0.05, 0) is 37.3 Å². The van der Waals surface area contributed by atoms with Gasteiger partial charge in [-0.2, -0.15) is 10.2 Å². The number of carbonyl (C=O) groups excluding carboxylic acids is 1. The van der Waals surface area contributed by atoms with Crippen LogP contribution < -0.4 is 5.32 Å². The first-order valence-corrected chi connectivity index (χ1v) is 10.1. The van der Waals surface area contributed by atoms with Gasteiger partial charge in [0.2, 0.25) is 0 Å². The molecule has 0 aliphatic rings. The van der Waals surface area contributed by atoms with E-state index in [1.807, 2.05) is 19.1 Å². The zero-order valence-electron chi connectivity index (χ0n) is 15.8. The molecule has 0 radical (unpaired) electrons. The van der Waals surface area contributed by atoms with E-state index in [-0.39, 0.29) is 5.91 Å². The summed E-state index contributed by atoms with van der Waals surface area (Å²) in [7, 11) is 0. The first-order chi connectivity index (χ1) is 14.4. The van der Waals surface area contributed by atoms with E-state index in [9.17, 15) is 4.79 Å². The number of aryl methyl sites for hydroxylation is 1. The van der Waals surface area contributed by atoms with Gasteiger partial charge < -0.3 is 5.32 Å². The Morgan fingerprint density at radius 2 is 1.77 bits per heavy atom. The van der Waals surface area contributed by atoms with Gasteiger partial charge >= 0.3 is 0 Å². The third-order valence-electron chi connectivity index (χ3n) is 4.55. The molecule has 9 heteroatoms. The van der Waals surface area contributed by atoms with Crippen molar-refractivity contribution in [3.63, 3.8) is 0 Å². The van der Waals surface area contributed by atoms with Crippen LogP contribution in [0.1, 0.15) is 21.7 Å². The highest BCUT2D eigenvalue weighted by Gasteiger charge is 2.15. The SMILES string of the molecule is Cc1cc(NC(=O)c2cc(-c3ccc(Cl)cc3)n[nH]2)nn1Cc1c(Cl)cccc1Cl. The summed E-state index contributed by atoms with van der Waals surface area (Å²) in [6.07, 6.45) is 0. The van der Waals surface area contributed by atoms with Crippen LogP contribution in [0.25, 0.3) is 11.3 Å². The number of rotatable bonds is 5. The van der Waals surface area contributed by atoms with Crippen molar-refractivity contribution in [3.8, 4) is 11.3 Å². The molecule has 0 bridgehead atoms. The molecule has 0 spiro atoms. The van der Waals surface area contributed by atoms with Crippen LogP contribution in [0.2, 0.25) is 15.1 Å². The molecule has 2 aromatic heterocycles. The minimum absolute atomic E-state index is 0.321. The molecule has 6 nitrogen and oxygen atoms in total. The average Bonchev–Trinajstić information content (AvgIpc) is 3.33. The largest absolute Gasteiger partial charge is 0.304 e. The molecule has 2 heterocycles. The van der Waals surface area contributed by atoms with Gasteiger partial charge in [-0.3, -0.25) is 14.6 Å². The molecule has 2 aromatic carbocycles. The summed E-state index contributed by atoms with van der Waals surface area (Å²) in [5, 5.41) is 15.9. The molecule has 4 rings (SSSR count). The van der Waals surface area contributed by atoms with Crippen molar-refractivity contribution < 1.29 is 4.79 Å². The zero-order chi connectivity index (χ0) is 21.3. The van der Waals surface area contributed by atoms with E-state index >= 15 is 0 Å². The van der Waals surface area contributed by atoms with Crippen LogP contribution in [0.3, 0.4) is 0 Å². The van der Waals surface area contributed by atoms with Crippen molar-refractivity contribution >= 4 is 46.5 Å². The molecule has 0 fully saturated rings. The number of nitrogens with zero attached hydrogens (tertiary/aromatic N) is 3. The Kier molecular flexibility index (Phi) is 5.81. The zero-order valence-corrected chi connectivity index (χ0v) is 18.1.